The number of allylic oxidation sites excluding steroid dienone is 1. The van der Waals surface area contributed by atoms with Gasteiger partial charge < -0.3 is 30.1 Å². The molecule has 5 rings (SSSR count). The summed E-state index contributed by atoms with van der Waals surface area (Å²) < 4.78 is 11.3. The molecule has 4 aliphatic rings. The van der Waals surface area contributed by atoms with Gasteiger partial charge in [-0.25, -0.2) is 0 Å². The minimum Gasteiger partial charge on any atom is -0.504 e. The number of aliphatic hydroxyl groups is 4. The molecule has 0 spiro atoms. The monoisotopic (exact) mass is 650 g/mol. The van der Waals surface area contributed by atoms with Gasteiger partial charge in [0.25, 0.3) is 0 Å². The van der Waals surface area contributed by atoms with Crippen LogP contribution in [0.25, 0.3) is 0 Å². The van der Waals surface area contributed by atoms with Gasteiger partial charge in [0.05, 0.1) is 18.1 Å². The summed E-state index contributed by atoms with van der Waals surface area (Å²) in [7, 11) is 0. The van der Waals surface area contributed by atoms with Gasteiger partial charge >= 0.3 is 0 Å². The maximum absolute atomic E-state index is 10.8. The Bertz CT molecular complexity index is 1220. The number of hydrogen-bond acceptors (Lipinski definition) is 7. The van der Waals surface area contributed by atoms with Crippen LogP contribution in [-0.2, 0) is 6.42 Å². The van der Waals surface area contributed by atoms with Gasteiger partial charge in [0.1, 0.15) is 30.9 Å². The van der Waals surface area contributed by atoms with Crippen molar-refractivity contribution in [2.75, 3.05) is 26.3 Å². The van der Waals surface area contributed by atoms with Crippen LogP contribution >= 0.6 is 0 Å². The Hall–Kier alpha value is -2.49. The molecule has 8 nitrogen and oxygen atoms in total. The fraction of sp³-hybridized carbons (Fsp3) is 0.667. The zero-order chi connectivity index (χ0) is 33.2. The summed E-state index contributed by atoms with van der Waals surface area (Å²) in [6.07, 6.45) is 21.7. The second kappa shape index (κ2) is 17.3. The highest BCUT2D eigenvalue weighted by Crippen LogP contribution is 2.39. The smallest absolute Gasteiger partial charge is 0.196 e. The summed E-state index contributed by atoms with van der Waals surface area (Å²) >= 11 is 0. The molecule has 0 saturated heterocycles. The van der Waals surface area contributed by atoms with E-state index in [4.69, 9.17) is 14.5 Å². The van der Waals surface area contributed by atoms with Crippen LogP contribution < -0.4 is 15.4 Å². The number of ether oxygens (including phenoxy) is 2. The molecule has 2 fully saturated rings. The summed E-state index contributed by atoms with van der Waals surface area (Å²) in [5.41, 5.74) is 3.12. The Morgan fingerprint density at radius 2 is 1.96 bits per heavy atom. The quantitative estimate of drug-likeness (QED) is 0.0945. The average molecular weight is 651 g/mol. The number of phenols is 1. The van der Waals surface area contributed by atoms with E-state index in [1.807, 2.05) is 19.1 Å². The molecule has 0 amide bonds. The third kappa shape index (κ3) is 10.0. The van der Waals surface area contributed by atoms with E-state index >= 15 is 0 Å². The number of nitrogens with one attached hydrogen (secondary N) is 2. The van der Waals surface area contributed by atoms with Crippen molar-refractivity contribution in [1.82, 2.24) is 10.6 Å². The average Bonchev–Trinajstić information content (AvgIpc) is 3.88. The lowest BCUT2D eigenvalue weighted by molar-refractivity contribution is -0.0550. The summed E-state index contributed by atoms with van der Waals surface area (Å²) in [5, 5.41) is 37.9. The van der Waals surface area contributed by atoms with Crippen LogP contribution in [0.4, 0.5) is 0 Å². The predicted octanol–water partition coefficient (Wildman–Crippen LogP) is 5.87. The molecule has 8 heteroatoms. The number of aliphatic imine (C=N–C) groups is 1. The molecular weight excluding hydrogens is 590 g/mol. The standard InChI is InChI=1S/C39H59N3O5/c1-4-5-12-37-31(25-43)20-32(47-37)15-13-28-14-16-36(45)38(19-28)46-26-35(42-39(3)17-8-9-18-39)34-21-30(23-41-34)33(24-40-22-27(2)44)29-10-6-7-11-29/h14,16,19-21,23,27,29,33,35,37,40,42-44,47H,4-13,15,17-18,22,24-26H2,1-3H3/p+1. The molecule has 0 bridgehead atoms. The van der Waals surface area contributed by atoms with Gasteiger partial charge in [-0.15, -0.1) is 16.6 Å². The van der Waals surface area contributed by atoms with Crippen LogP contribution in [0.5, 0.6) is 11.5 Å². The molecule has 6 N–H and O–H groups in total. The van der Waals surface area contributed by atoms with E-state index in [1.165, 1.54) is 44.4 Å². The summed E-state index contributed by atoms with van der Waals surface area (Å²) in [4.78, 5) is 4.97. The lowest BCUT2D eigenvalue weighted by atomic mass is 9.80. The number of rotatable bonds is 19. The lowest BCUT2D eigenvalue weighted by Gasteiger charge is -2.29. The SMILES string of the molecule is CCCCC1[OH+][C-](CCc2ccc(O)c(OCC(NC3(C)CCCC3)C3=C[C+](C(CNCC(C)O)C4CCCC4)C=N3)c2)C=C1CO. The second-order valence-electron chi connectivity index (χ2n) is 14.7. The molecule has 0 radical (unpaired) electrons. The third-order valence-electron chi connectivity index (χ3n) is 10.7. The van der Waals surface area contributed by atoms with E-state index in [-0.39, 0.29) is 36.1 Å². The number of aryl methyl sites for hydroxylation is 1. The van der Waals surface area contributed by atoms with Crippen LogP contribution in [-0.4, -0.2) is 76.4 Å². The number of benzene rings is 1. The van der Waals surface area contributed by atoms with Crippen molar-refractivity contribution in [1.29, 1.82) is 0 Å². The van der Waals surface area contributed by atoms with Gasteiger partial charge in [-0.2, -0.15) is 0 Å². The first kappa shape index (κ1) is 35.8. The van der Waals surface area contributed by atoms with Crippen LogP contribution in [0.2, 0.25) is 0 Å². The lowest BCUT2D eigenvalue weighted by Crippen LogP contribution is -2.49. The Morgan fingerprint density at radius 3 is 2.68 bits per heavy atom. The first-order chi connectivity index (χ1) is 22.8. The van der Waals surface area contributed by atoms with E-state index in [0.717, 1.165) is 74.4 Å². The molecule has 1 aromatic carbocycles. The predicted molar refractivity (Wildman–Crippen MR) is 189 cm³/mol. The maximum Gasteiger partial charge on any atom is 0.196 e. The molecule has 260 valence electrons. The molecular formula is C39H60N3O5+. The number of nitrogens with zero attached hydrogens (tertiary/aromatic N) is 1. The molecule has 2 aliphatic heterocycles. The number of unbranched alkanes of at least 4 members (excludes halogenated alkanes) is 1. The molecule has 4 atom stereocenters. The zero-order valence-corrected chi connectivity index (χ0v) is 29.0. The summed E-state index contributed by atoms with van der Waals surface area (Å²) in [6, 6.07) is 5.53. The van der Waals surface area contributed by atoms with E-state index in [1.54, 1.807) is 6.07 Å². The van der Waals surface area contributed by atoms with Gasteiger partial charge in [-0.05, 0) is 82.4 Å². The zero-order valence-electron chi connectivity index (χ0n) is 29.0. The van der Waals surface area contributed by atoms with E-state index in [0.29, 0.717) is 30.7 Å². The highest BCUT2D eigenvalue weighted by molar-refractivity contribution is 5.83. The summed E-state index contributed by atoms with van der Waals surface area (Å²) in [6.45, 7) is 8.19. The Morgan fingerprint density at radius 1 is 1.17 bits per heavy atom. The minimum absolute atomic E-state index is 0.0264. The van der Waals surface area contributed by atoms with Crippen molar-refractivity contribution in [2.24, 2.45) is 16.8 Å². The fourth-order valence-electron chi connectivity index (χ4n) is 7.91. The van der Waals surface area contributed by atoms with Crippen molar-refractivity contribution in [3.8, 4) is 11.5 Å². The highest BCUT2D eigenvalue weighted by atomic mass is 16.5. The topological polar surface area (TPSA) is 119 Å². The number of aromatic hydroxyl groups is 1. The van der Waals surface area contributed by atoms with Crippen molar-refractivity contribution < 1.29 is 24.8 Å². The van der Waals surface area contributed by atoms with Crippen molar-refractivity contribution in [2.45, 2.75) is 128 Å². The second-order valence-corrected chi connectivity index (χ2v) is 14.7. The molecule has 2 aliphatic carbocycles. The van der Waals surface area contributed by atoms with E-state index < -0.39 is 0 Å². The number of phenolic OH excluding ortho intramolecular Hbond substituents is 1. The van der Waals surface area contributed by atoms with Crippen molar-refractivity contribution >= 4 is 6.21 Å². The molecule has 1 aromatic rings. The molecule has 47 heavy (non-hydrogen) atoms. The molecule has 2 saturated carbocycles. The van der Waals surface area contributed by atoms with Crippen molar-refractivity contribution in [3.05, 3.63) is 59.2 Å². The largest absolute Gasteiger partial charge is 0.504 e. The first-order valence-corrected chi connectivity index (χ1v) is 18.4. The van der Waals surface area contributed by atoms with Crippen molar-refractivity contribution in [3.63, 3.8) is 0 Å². The Labute approximate surface area is 283 Å². The maximum atomic E-state index is 10.8. The fourth-order valence-corrected chi connectivity index (χ4v) is 7.91. The van der Waals surface area contributed by atoms with Gasteiger partial charge in [-0.1, -0.05) is 45.1 Å². The van der Waals surface area contributed by atoms with Crippen LogP contribution in [0.3, 0.4) is 0 Å². The normalized spacial score (nSPS) is 23.0. The van der Waals surface area contributed by atoms with E-state index in [9.17, 15) is 15.3 Å². The summed E-state index contributed by atoms with van der Waals surface area (Å²) in [5.74, 6) is 2.90. The van der Waals surface area contributed by atoms with Crippen LogP contribution in [0.1, 0.15) is 103 Å². The van der Waals surface area contributed by atoms with Gasteiger partial charge in [0.15, 0.2) is 23.2 Å². The van der Waals surface area contributed by atoms with Gasteiger partial charge in [0.2, 0.25) is 0 Å². The molecule has 2 heterocycles. The van der Waals surface area contributed by atoms with Gasteiger partial charge in [-0.3, -0.25) is 5.32 Å². The van der Waals surface area contributed by atoms with Crippen LogP contribution in [0.15, 0.2) is 46.6 Å². The minimum atomic E-state index is -0.365. The Kier molecular flexibility index (Phi) is 13.1. The third-order valence-corrected chi connectivity index (χ3v) is 10.7. The first-order valence-electron chi connectivity index (χ1n) is 18.4. The molecule has 0 aromatic heterocycles. The Balaban J connectivity index is 1.25. The van der Waals surface area contributed by atoms with Gasteiger partial charge in [0, 0.05) is 31.7 Å². The highest BCUT2D eigenvalue weighted by Gasteiger charge is 2.41. The molecule has 4 unspecified atom stereocenters. The van der Waals surface area contributed by atoms with E-state index in [2.05, 4.69) is 42.8 Å². The number of aliphatic hydroxyl groups excluding tert-OH is 2. The van der Waals surface area contributed by atoms with Crippen LogP contribution in [0, 0.1) is 23.9 Å². The number of hydrogen-bond donors (Lipinski definition) is 5.